The number of hydrogen-bond acceptors (Lipinski definition) is 4. The highest BCUT2D eigenvalue weighted by Gasteiger charge is 2.21. The van der Waals surface area contributed by atoms with Crippen molar-refractivity contribution in [2.24, 2.45) is 0 Å². The van der Waals surface area contributed by atoms with Gasteiger partial charge in [-0.05, 0) is 26.8 Å². The number of aromatic nitrogens is 2. The molecule has 1 rings (SSSR count). The molecule has 110 valence electrons. The Morgan fingerprint density at radius 3 is 2.63 bits per heavy atom. The minimum atomic E-state index is 0.108. The zero-order valence-corrected chi connectivity index (χ0v) is 12.8. The van der Waals surface area contributed by atoms with E-state index in [-0.39, 0.29) is 12.1 Å². The van der Waals surface area contributed by atoms with Crippen LogP contribution in [0.2, 0.25) is 0 Å². The number of hydrogen-bond donors (Lipinski definition) is 1. The van der Waals surface area contributed by atoms with Gasteiger partial charge < -0.3 is 14.8 Å². The van der Waals surface area contributed by atoms with Crippen molar-refractivity contribution in [2.45, 2.75) is 52.8 Å². The fourth-order valence-electron chi connectivity index (χ4n) is 2.05. The smallest absolute Gasteiger partial charge is 0.161 e. The summed E-state index contributed by atoms with van der Waals surface area (Å²) in [5.41, 5.74) is 1.08. The first-order valence-corrected chi connectivity index (χ1v) is 7.08. The van der Waals surface area contributed by atoms with Crippen molar-refractivity contribution in [1.82, 2.24) is 15.1 Å². The molecule has 1 aromatic rings. The summed E-state index contributed by atoms with van der Waals surface area (Å²) in [6, 6.07) is 0.108. The molecule has 0 aromatic carbocycles. The molecule has 19 heavy (non-hydrogen) atoms. The van der Waals surface area contributed by atoms with E-state index in [0.717, 1.165) is 31.0 Å². The first kappa shape index (κ1) is 16.0. The zero-order valence-electron chi connectivity index (χ0n) is 12.8. The van der Waals surface area contributed by atoms with Crippen LogP contribution >= 0.6 is 0 Å². The highest BCUT2D eigenvalue weighted by Crippen LogP contribution is 2.25. The Hall–Kier alpha value is -1.07. The first-order valence-electron chi connectivity index (χ1n) is 7.08. The number of likely N-dealkylation sites (N-methyl/N-ethyl adjacent to an activating group) is 1. The number of nitrogens with one attached hydrogen (secondary N) is 1. The predicted molar refractivity (Wildman–Crippen MR) is 76.6 cm³/mol. The molecular weight excluding hydrogens is 242 g/mol. The lowest BCUT2D eigenvalue weighted by Crippen LogP contribution is -2.29. The fraction of sp³-hybridized carbons (Fsp3) is 0.786. The Balaban J connectivity index is 2.94. The SMILES string of the molecule is CCCn1ncc(OC)c1C(COC(C)C)NCC. The average molecular weight is 269 g/mol. The number of rotatable bonds is 9. The van der Waals surface area contributed by atoms with E-state index in [0.29, 0.717) is 6.61 Å². The topological polar surface area (TPSA) is 48.3 Å². The maximum absolute atomic E-state index is 5.75. The van der Waals surface area contributed by atoms with Gasteiger partial charge in [-0.25, -0.2) is 0 Å². The molecule has 1 N–H and O–H groups in total. The van der Waals surface area contributed by atoms with E-state index in [1.165, 1.54) is 0 Å². The molecule has 0 aliphatic rings. The molecule has 0 amide bonds. The number of methoxy groups -OCH3 is 1. The molecule has 1 heterocycles. The summed E-state index contributed by atoms with van der Waals surface area (Å²) in [4.78, 5) is 0. The molecule has 0 bridgehead atoms. The zero-order chi connectivity index (χ0) is 14.3. The Kier molecular flexibility index (Phi) is 6.87. The van der Waals surface area contributed by atoms with E-state index in [4.69, 9.17) is 9.47 Å². The van der Waals surface area contributed by atoms with Crippen LogP contribution in [0.15, 0.2) is 6.20 Å². The summed E-state index contributed by atoms with van der Waals surface area (Å²) in [5, 5.41) is 7.85. The third-order valence-electron chi connectivity index (χ3n) is 2.88. The summed E-state index contributed by atoms with van der Waals surface area (Å²) >= 11 is 0. The fourth-order valence-corrected chi connectivity index (χ4v) is 2.05. The van der Waals surface area contributed by atoms with Gasteiger partial charge >= 0.3 is 0 Å². The van der Waals surface area contributed by atoms with Gasteiger partial charge in [-0.3, -0.25) is 4.68 Å². The molecule has 0 saturated carbocycles. The van der Waals surface area contributed by atoms with E-state index in [2.05, 4.69) is 24.3 Å². The molecule has 1 atom stereocenters. The molecule has 0 aliphatic heterocycles. The van der Waals surface area contributed by atoms with Crippen molar-refractivity contribution in [3.8, 4) is 5.75 Å². The van der Waals surface area contributed by atoms with Crippen LogP contribution in [-0.4, -0.2) is 36.1 Å². The molecule has 0 radical (unpaired) electrons. The standard InChI is InChI=1S/C14H27N3O2/c1-6-8-17-14(13(18-5)9-16-17)12(15-7-2)10-19-11(3)4/h9,11-12,15H,6-8,10H2,1-5H3. The van der Waals surface area contributed by atoms with Crippen molar-refractivity contribution in [1.29, 1.82) is 0 Å². The lowest BCUT2D eigenvalue weighted by atomic mass is 10.2. The largest absolute Gasteiger partial charge is 0.493 e. The van der Waals surface area contributed by atoms with Crippen molar-refractivity contribution in [3.63, 3.8) is 0 Å². The molecule has 0 saturated heterocycles. The summed E-state index contributed by atoms with van der Waals surface area (Å²) in [6.45, 7) is 10.7. The minimum absolute atomic E-state index is 0.108. The Labute approximate surface area is 116 Å². The van der Waals surface area contributed by atoms with Gasteiger partial charge in [-0.15, -0.1) is 0 Å². The van der Waals surface area contributed by atoms with Gasteiger partial charge in [0.15, 0.2) is 5.75 Å². The van der Waals surface area contributed by atoms with Crippen LogP contribution in [0.5, 0.6) is 5.75 Å². The normalized spacial score (nSPS) is 12.9. The Morgan fingerprint density at radius 1 is 1.37 bits per heavy atom. The minimum Gasteiger partial charge on any atom is -0.493 e. The highest BCUT2D eigenvalue weighted by atomic mass is 16.5. The Morgan fingerprint density at radius 2 is 2.11 bits per heavy atom. The number of aryl methyl sites for hydroxylation is 1. The van der Waals surface area contributed by atoms with Crippen LogP contribution in [0.25, 0.3) is 0 Å². The van der Waals surface area contributed by atoms with Gasteiger partial charge in [0.05, 0.1) is 37.8 Å². The molecule has 0 aliphatic carbocycles. The molecule has 0 spiro atoms. The van der Waals surface area contributed by atoms with Crippen LogP contribution < -0.4 is 10.1 Å². The molecule has 5 heteroatoms. The third kappa shape index (κ3) is 4.51. The van der Waals surface area contributed by atoms with Gasteiger partial charge in [-0.1, -0.05) is 13.8 Å². The summed E-state index contributed by atoms with van der Waals surface area (Å²) in [7, 11) is 1.68. The van der Waals surface area contributed by atoms with Crippen molar-refractivity contribution in [3.05, 3.63) is 11.9 Å². The predicted octanol–water partition coefficient (Wildman–Crippen LogP) is 2.38. The van der Waals surface area contributed by atoms with E-state index in [1.54, 1.807) is 13.3 Å². The van der Waals surface area contributed by atoms with Gasteiger partial charge in [0, 0.05) is 6.54 Å². The molecule has 1 unspecified atom stereocenters. The van der Waals surface area contributed by atoms with Crippen molar-refractivity contribution in [2.75, 3.05) is 20.3 Å². The lowest BCUT2D eigenvalue weighted by molar-refractivity contribution is 0.0591. The van der Waals surface area contributed by atoms with E-state index >= 15 is 0 Å². The second-order valence-electron chi connectivity index (χ2n) is 4.81. The van der Waals surface area contributed by atoms with Gasteiger partial charge in [-0.2, -0.15) is 5.10 Å². The molecule has 1 aromatic heterocycles. The Bertz CT molecular complexity index is 364. The average Bonchev–Trinajstić information content (AvgIpc) is 2.77. The lowest BCUT2D eigenvalue weighted by Gasteiger charge is -2.21. The number of ether oxygens (including phenoxy) is 2. The summed E-state index contributed by atoms with van der Waals surface area (Å²) < 4.78 is 13.2. The van der Waals surface area contributed by atoms with Crippen molar-refractivity contribution >= 4 is 0 Å². The summed E-state index contributed by atoms with van der Waals surface area (Å²) in [6.07, 6.45) is 3.04. The highest BCUT2D eigenvalue weighted by molar-refractivity contribution is 5.28. The first-order chi connectivity index (χ1) is 9.13. The monoisotopic (exact) mass is 269 g/mol. The number of nitrogens with zero attached hydrogens (tertiary/aromatic N) is 2. The van der Waals surface area contributed by atoms with Crippen LogP contribution in [0.3, 0.4) is 0 Å². The van der Waals surface area contributed by atoms with Crippen LogP contribution in [0.4, 0.5) is 0 Å². The molecule has 0 fully saturated rings. The maximum Gasteiger partial charge on any atom is 0.161 e. The maximum atomic E-state index is 5.75. The van der Waals surface area contributed by atoms with E-state index in [9.17, 15) is 0 Å². The second kappa shape index (κ2) is 8.17. The van der Waals surface area contributed by atoms with Gasteiger partial charge in [0.2, 0.25) is 0 Å². The third-order valence-corrected chi connectivity index (χ3v) is 2.88. The van der Waals surface area contributed by atoms with Crippen LogP contribution in [0.1, 0.15) is 45.9 Å². The van der Waals surface area contributed by atoms with Crippen LogP contribution in [0, 0.1) is 0 Å². The molecule has 5 nitrogen and oxygen atoms in total. The summed E-state index contributed by atoms with van der Waals surface area (Å²) in [5.74, 6) is 0.826. The van der Waals surface area contributed by atoms with Crippen molar-refractivity contribution < 1.29 is 9.47 Å². The van der Waals surface area contributed by atoms with Gasteiger partial charge in [0.1, 0.15) is 0 Å². The van der Waals surface area contributed by atoms with Gasteiger partial charge in [0.25, 0.3) is 0 Å². The van der Waals surface area contributed by atoms with E-state index in [1.807, 2.05) is 18.5 Å². The second-order valence-corrected chi connectivity index (χ2v) is 4.81. The van der Waals surface area contributed by atoms with E-state index < -0.39 is 0 Å². The molecular formula is C14H27N3O2. The quantitative estimate of drug-likeness (QED) is 0.747. The van der Waals surface area contributed by atoms with Crippen LogP contribution in [-0.2, 0) is 11.3 Å².